The first kappa shape index (κ1) is 13.5. The average Bonchev–Trinajstić information content (AvgIpc) is 2.47. The molecule has 0 fully saturated rings. The monoisotopic (exact) mass is 258 g/mol. The van der Waals surface area contributed by atoms with E-state index in [1.807, 2.05) is 18.2 Å². The molecule has 0 aliphatic rings. The Hall–Kier alpha value is -1.98. The molecule has 0 bridgehead atoms. The first-order chi connectivity index (χ1) is 9.35. The van der Waals surface area contributed by atoms with E-state index in [1.54, 1.807) is 24.8 Å². The van der Waals surface area contributed by atoms with E-state index < -0.39 is 0 Å². The van der Waals surface area contributed by atoms with Crippen molar-refractivity contribution in [2.75, 3.05) is 6.61 Å². The van der Waals surface area contributed by atoms with Gasteiger partial charge in [-0.2, -0.15) is 0 Å². The third kappa shape index (κ3) is 3.49. The van der Waals surface area contributed by atoms with Gasteiger partial charge >= 0.3 is 0 Å². The van der Waals surface area contributed by atoms with Gasteiger partial charge in [-0.25, -0.2) is 5.43 Å². The molecule has 2 heterocycles. The Labute approximate surface area is 112 Å². The second-order valence-electron chi connectivity index (χ2n) is 4.18. The number of ether oxygens (including phenoxy) is 1. The van der Waals surface area contributed by atoms with Crippen LogP contribution in [0.2, 0.25) is 0 Å². The fraction of sp³-hybridized carbons (Fsp3) is 0.286. The van der Waals surface area contributed by atoms with Crippen molar-refractivity contribution < 1.29 is 4.74 Å². The molecule has 0 aliphatic heterocycles. The minimum atomic E-state index is -0.124. The highest BCUT2D eigenvalue weighted by Gasteiger charge is 2.13. The standard InChI is InChI=1S/C14H18N4O/c1-2-7-19-13-8-12(9-17-10-13)14(18-15)11-3-5-16-6-4-11/h3-6,8-10,14,18H,2,7,15H2,1H3. The fourth-order valence-corrected chi connectivity index (χ4v) is 1.83. The number of rotatable bonds is 6. The third-order valence-corrected chi connectivity index (χ3v) is 2.75. The van der Waals surface area contributed by atoms with Crippen molar-refractivity contribution >= 4 is 0 Å². The molecule has 2 rings (SSSR count). The molecule has 0 radical (unpaired) electrons. The molecular formula is C14H18N4O. The van der Waals surface area contributed by atoms with Crippen LogP contribution in [0.15, 0.2) is 43.0 Å². The molecule has 0 saturated carbocycles. The van der Waals surface area contributed by atoms with Crippen LogP contribution in [-0.4, -0.2) is 16.6 Å². The number of hydrogen-bond donors (Lipinski definition) is 2. The van der Waals surface area contributed by atoms with Gasteiger partial charge in [0, 0.05) is 18.6 Å². The van der Waals surface area contributed by atoms with Crippen LogP contribution in [0.3, 0.4) is 0 Å². The summed E-state index contributed by atoms with van der Waals surface area (Å²) in [5.41, 5.74) is 4.79. The van der Waals surface area contributed by atoms with Crippen molar-refractivity contribution in [2.24, 2.45) is 5.84 Å². The molecular weight excluding hydrogens is 240 g/mol. The van der Waals surface area contributed by atoms with Gasteiger partial charge in [-0.15, -0.1) is 0 Å². The van der Waals surface area contributed by atoms with Crippen LogP contribution < -0.4 is 16.0 Å². The maximum atomic E-state index is 5.65. The highest BCUT2D eigenvalue weighted by Crippen LogP contribution is 2.23. The lowest BCUT2D eigenvalue weighted by molar-refractivity contribution is 0.315. The molecule has 0 aliphatic carbocycles. The van der Waals surface area contributed by atoms with Crippen LogP contribution in [0, 0.1) is 0 Å². The van der Waals surface area contributed by atoms with E-state index >= 15 is 0 Å². The molecule has 1 atom stereocenters. The lowest BCUT2D eigenvalue weighted by Crippen LogP contribution is -2.28. The van der Waals surface area contributed by atoms with Crippen molar-refractivity contribution in [3.63, 3.8) is 0 Å². The quantitative estimate of drug-likeness (QED) is 0.610. The summed E-state index contributed by atoms with van der Waals surface area (Å²) in [6.45, 7) is 2.75. The number of nitrogens with zero attached hydrogens (tertiary/aromatic N) is 2. The van der Waals surface area contributed by atoms with E-state index in [4.69, 9.17) is 10.6 Å². The van der Waals surface area contributed by atoms with E-state index in [2.05, 4.69) is 22.3 Å². The maximum absolute atomic E-state index is 5.65. The molecule has 2 aromatic heterocycles. The average molecular weight is 258 g/mol. The summed E-state index contributed by atoms with van der Waals surface area (Å²) in [4.78, 5) is 8.20. The van der Waals surface area contributed by atoms with Crippen molar-refractivity contribution in [3.05, 3.63) is 54.1 Å². The molecule has 1 unspecified atom stereocenters. The Kier molecular flexibility index (Phi) is 4.83. The summed E-state index contributed by atoms with van der Waals surface area (Å²) in [6.07, 6.45) is 7.94. The molecule has 0 aromatic carbocycles. The topological polar surface area (TPSA) is 73.1 Å². The molecule has 0 amide bonds. The van der Waals surface area contributed by atoms with Gasteiger partial charge in [0.15, 0.2) is 0 Å². The molecule has 0 saturated heterocycles. The van der Waals surface area contributed by atoms with Gasteiger partial charge in [-0.1, -0.05) is 6.92 Å². The maximum Gasteiger partial charge on any atom is 0.137 e. The zero-order chi connectivity index (χ0) is 13.5. The molecule has 100 valence electrons. The van der Waals surface area contributed by atoms with Gasteiger partial charge in [-0.05, 0) is 35.7 Å². The molecule has 19 heavy (non-hydrogen) atoms. The molecule has 5 heteroatoms. The fourth-order valence-electron chi connectivity index (χ4n) is 1.83. The number of hydrogen-bond acceptors (Lipinski definition) is 5. The Morgan fingerprint density at radius 2 is 2.00 bits per heavy atom. The van der Waals surface area contributed by atoms with Crippen LogP contribution in [-0.2, 0) is 0 Å². The largest absolute Gasteiger partial charge is 0.492 e. The number of hydrazine groups is 1. The zero-order valence-corrected chi connectivity index (χ0v) is 10.9. The van der Waals surface area contributed by atoms with E-state index in [1.165, 1.54) is 0 Å². The summed E-state index contributed by atoms with van der Waals surface area (Å²) >= 11 is 0. The lowest BCUT2D eigenvalue weighted by Gasteiger charge is -2.17. The van der Waals surface area contributed by atoms with E-state index in [-0.39, 0.29) is 6.04 Å². The van der Waals surface area contributed by atoms with E-state index in [0.29, 0.717) is 6.61 Å². The Balaban J connectivity index is 2.23. The zero-order valence-electron chi connectivity index (χ0n) is 10.9. The number of aromatic nitrogens is 2. The SMILES string of the molecule is CCCOc1cncc(C(NN)c2ccncc2)c1. The minimum Gasteiger partial charge on any atom is -0.492 e. The van der Waals surface area contributed by atoms with E-state index in [0.717, 1.165) is 23.3 Å². The van der Waals surface area contributed by atoms with Gasteiger partial charge < -0.3 is 4.74 Å². The highest BCUT2D eigenvalue weighted by atomic mass is 16.5. The second-order valence-corrected chi connectivity index (χ2v) is 4.18. The number of nitrogens with one attached hydrogen (secondary N) is 1. The summed E-state index contributed by atoms with van der Waals surface area (Å²) in [6, 6.07) is 5.67. The van der Waals surface area contributed by atoms with Gasteiger partial charge in [-0.3, -0.25) is 15.8 Å². The van der Waals surface area contributed by atoms with Gasteiger partial charge in [0.05, 0.1) is 18.8 Å². The van der Waals surface area contributed by atoms with Crippen LogP contribution in [0.1, 0.15) is 30.5 Å². The van der Waals surface area contributed by atoms with Crippen LogP contribution in [0.4, 0.5) is 0 Å². The summed E-state index contributed by atoms with van der Waals surface area (Å²) in [5.74, 6) is 6.41. The molecule has 3 N–H and O–H groups in total. The van der Waals surface area contributed by atoms with E-state index in [9.17, 15) is 0 Å². The van der Waals surface area contributed by atoms with Crippen molar-refractivity contribution in [3.8, 4) is 5.75 Å². The second kappa shape index (κ2) is 6.82. The van der Waals surface area contributed by atoms with Gasteiger partial charge in [0.1, 0.15) is 5.75 Å². The first-order valence-corrected chi connectivity index (χ1v) is 6.29. The van der Waals surface area contributed by atoms with Crippen LogP contribution in [0.25, 0.3) is 0 Å². The minimum absolute atomic E-state index is 0.124. The number of nitrogens with two attached hydrogens (primary N) is 1. The van der Waals surface area contributed by atoms with Crippen LogP contribution >= 0.6 is 0 Å². The molecule has 2 aromatic rings. The summed E-state index contributed by atoms with van der Waals surface area (Å²) in [5, 5.41) is 0. The normalized spacial score (nSPS) is 12.1. The Bertz CT molecular complexity index is 504. The summed E-state index contributed by atoms with van der Waals surface area (Å²) < 4.78 is 5.58. The number of pyridine rings is 2. The third-order valence-electron chi connectivity index (χ3n) is 2.75. The Morgan fingerprint density at radius 3 is 2.68 bits per heavy atom. The predicted molar refractivity (Wildman–Crippen MR) is 73.4 cm³/mol. The van der Waals surface area contributed by atoms with Gasteiger partial charge in [0.2, 0.25) is 0 Å². The van der Waals surface area contributed by atoms with Gasteiger partial charge in [0.25, 0.3) is 0 Å². The smallest absolute Gasteiger partial charge is 0.137 e. The molecule has 5 nitrogen and oxygen atoms in total. The van der Waals surface area contributed by atoms with Crippen LogP contribution in [0.5, 0.6) is 5.75 Å². The Morgan fingerprint density at radius 1 is 1.21 bits per heavy atom. The highest BCUT2D eigenvalue weighted by molar-refractivity contribution is 5.33. The molecule has 0 spiro atoms. The lowest BCUT2D eigenvalue weighted by atomic mass is 10.0. The predicted octanol–water partition coefficient (Wildman–Crippen LogP) is 1.82. The van der Waals surface area contributed by atoms with Crippen molar-refractivity contribution in [1.82, 2.24) is 15.4 Å². The van der Waals surface area contributed by atoms with Crippen molar-refractivity contribution in [2.45, 2.75) is 19.4 Å². The van der Waals surface area contributed by atoms with Crippen molar-refractivity contribution in [1.29, 1.82) is 0 Å². The first-order valence-electron chi connectivity index (χ1n) is 6.29. The summed E-state index contributed by atoms with van der Waals surface area (Å²) in [7, 11) is 0.